The summed E-state index contributed by atoms with van der Waals surface area (Å²) in [5, 5.41) is 22.6. The molecule has 0 radical (unpaired) electrons. The molecule has 134 valence electrons. The van der Waals surface area contributed by atoms with Crippen LogP contribution in [0.1, 0.15) is 37.1 Å². The van der Waals surface area contributed by atoms with Crippen LogP contribution in [0.25, 0.3) is 11.1 Å². The second-order valence-corrected chi connectivity index (χ2v) is 7.72. The highest BCUT2D eigenvalue weighted by Crippen LogP contribution is 2.41. The van der Waals surface area contributed by atoms with Gasteiger partial charge in [0.25, 0.3) is 0 Å². The molecule has 2 atom stereocenters. The predicted octanol–water partition coefficient (Wildman–Crippen LogP) is 3.91. The Hall–Kier alpha value is -2.65. The Kier molecular flexibility index (Phi) is 4.84. The van der Waals surface area contributed by atoms with E-state index in [1.54, 1.807) is 24.5 Å². The number of rotatable bonds is 4. The van der Waals surface area contributed by atoms with E-state index in [4.69, 9.17) is 10.7 Å². The zero-order chi connectivity index (χ0) is 18.9. The Balaban J connectivity index is 2.01. The van der Waals surface area contributed by atoms with Crippen LogP contribution < -0.4 is 5.32 Å². The van der Waals surface area contributed by atoms with E-state index in [9.17, 15) is 4.79 Å². The van der Waals surface area contributed by atoms with Gasteiger partial charge in [-0.3, -0.25) is 15.1 Å². The van der Waals surface area contributed by atoms with Crippen molar-refractivity contribution in [2.75, 3.05) is 7.05 Å². The van der Waals surface area contributed by atoms with Crippen LogP contribution in [0.3, 0.4) is 0 Å². The van der Waals surface area contributed by atoms with Crippen LogP contribution >= 0.6 is 11.3 Å². The van der Waals surface area contributed by atoms with Gasteiger partial charge in [0.1, 0.15) is 0 Å². The molecule has 26 heavy (non-hydrogen) atoms. The molecule has 0 unspecified atom stereocenters. The topological polar surface area (TPSA) is 80.0 Å². The highest BCUT2D eigenvalue weighted by molar-refractivity contribution is 7.10. The quantitative estimate of drug-likeness (QED) is 0.861. The van der Waals surface area contributed by atoms with E-state index < -0.39 is 5.54 Å². The van der Waals surface area contributed by atoms with E-state index in [1.165, 1.54) is 4.90 Å². The number of benzene rings is 1. The molecule has 1 fully saturated rings. The Labute approximate surface area is 157 Å². The molecular formula is C20H22N4OS. The summed E-state index contributed by atoms with van der Waals surface area (Å²) in [7, 11) is 1.65. The molecule has 1 amide bonds. The SMILES string of the molecule is CCC[C@H]1C(=O)N(C)C(=N)N[C@]1(C)c1cc(-c2cccc(C#N)c2)cs1. The molecule has 0 bridgehead atoms. The van der Waals surface area contributed by atoms with E-state index in [-0.39, 0.29) is 17.8 Å². The van der Waals surface area contributed by atoms with Gasteiger partial charge in [-0.1, -0.05) is 25.5 Å². The summed E-state index contributed by atoms with van der Waals surface area (Å²) in [6.45, 7) is 4.08. The molecule has 3 rings (SSSR count). The minimum atomic E-state index is -0.605. The van der Waals surface area contributed by atoms with Crippen molar-refractivity contribution >= 4 is 23.2 Å². The lowest BCUT2D eigenvalue weighted by Crippen LogP contribution is -2.63. The van der Waals surface area contributed by atoms with Crippen molar-refractivity contribution in [3.8, 4) is 17.2 Å². The third kappa shape index (κ3) is 2.99. The van der Waals surface area contributed by atoms with E-state index in [2.05, 4.69) is 24.4 Å². The number of thiophene rings is 1. The Bertz CT molecular complexity index is 897. The van der Waals surface area contributed by atoms with Crippen LogP contribution in [0.4, 0.5) is 0 Å². The molecule has 2 aromatic rings. The fourth-order valence-corrected chi connectivity index (χ4v) is 4.56. The van der Waals surface area contributed by atoms with Crippen molar-refractivity contribution in [2.45, 2.75) is 32.2 Å². The van der Waals surface area contributed by atoms with Gasteiger partial charge >= 0.3 is 0 Å². The number of nitrogens with one attached hydrogen (secondary N) is 2. The molecule has 1 aromatic carbocycles. The van der Waals surface area contributed by atoms with Crippen molar-refractivity contribution in [2.24, 2.45) is 5.92 Å². The first-order valence-electron chi connectivity index (χ1n) is 8.64. The minimum absolute atomic E-state index is 0.0143. The number of carbonyl (C=O) groups excluding carboxylic acids is 1. The van der Waals surface area contributed by atoms with Gasteiger partial charge in [-0.25, -0.2) is 0 Å². The number of amides is 1. The number of hydrogen-bond acceptors (Lipinski definition) is 4. The Morgan fingerprint density at radius 2 is 2.15 bits per heavy atom. The number of hydrogen-bond donors (Lipinski definition) is 2. The summed E-state index contributed by atoms with van der Waals surface area (Å²) in [5.74, 6) is -0.102. The van der Waals surface area contributed by atoms with Gasteiger partial charge in [0.2, 0.25) is 5.91 Å². The summed E-state index contributed by atoms with van der Waals surface area (Å²) in [6, 6.07) is 11.7. The van der Waals surface area contributed by atoms with Crippen molar-refractivity contribution in [1.82, 2.24) is 10.2 Å². The predicted molar refractivity (Wildman–Crippen MR) is 104 cm³/mol. The highest BCUT2D eigenvalue weighted by atomic mass is 32.1. The fourth-order valence-electron chi connectivity index (χ4n) is 3.47. The maximum atomic E-state index is 12.8. The molecule has 1 aliphatic heterocycles. The molecule has 5 nitrogen and oxygen atoms in total. The third-order valence-corrected chi connectivity index (χ3v) is 6.22. The second-order valence-electron chi connectivity index (χ2n) is 6.81. The zero-order valence-electron chi connectivity index (χ0n) is 15.2. The summed E-state index contributed by atoms with van der Waals surface area (Å²) in [5.41, 5.74) is 2.03. The largest absolute Gasteiger partial charge is 0.345 e. The normalized spacial score (nSPS) is 22.8. The van der Waals surface area contributed by atoms with Crippen molar-refractivity contribution in [3.05, 3.63) is 46.2 Å². The number of guanidine groups is 1. The molecule has 0 spiro atoms. The lowest BCUT2D eigenvalue weighted by atomic mass is 9.78. The van der Waals surface area contributed by atoms with Crippen LogP contribution in [-0.4, -0.2) is 23.8 Å². The zero-order valence-corrected chi connectivity index (χ0v) is 16.0. The van der Waals surface area contributed by atoms with Gasteiger partial charge in [-0.15, -0.1) is 11.3 Å². The van der Waals surface area contributed by atoms with Gasteiger partial charge in [0.05, 0.1) is 23.1 Å². The molecule has 2 N–H and O–H groups in total. The lowest BCUT2D eigenvalue weighted by molar-refractivity contribution is -0.135. The monoisotopic (exact) mass is 366 g/mol. The van der Waals surface area contributed by atoms with Gasteiger partial charge in [-0.05, 0) is 48.1 Å². The summed E-state index contributed by atoms with van der Waals surface area (Å²) in [6.07, 6.45) is 1.66. The van der Waals surface area contributed by atoms with Crippen molar-refractivity contribution < 1.29 is 4.79 Å². The molecule has 1 saturated heterocycles. The molecule has 2 heterocycles. The van der Waals surface area contributed by atoms with E-state index in [1.807, 2.05) is 30.5 Å². The summed E-state index contributed by atoms with van der Waals surface area (Å²) >= 11 is 1.59. The van der Waals surface area contributed by atoms with E-state index in [0.29, 0.717) is 5.56 Å². The van der Waals surface area contributed by atoms with Crippen LogP contribution in [0.2, 0.25) is 0 Å². The maximum Gasteiger partial charge on any atom is 0.234 e. The summed E-state index contributed by atoms with van der Waals surface area (Å²) < 4.78 is 0. The smallest absolute Gasteiger partial charge is 0.234 e. The van der Waals surface area contributed by atoms with E-state index >= 15 is 0 Å². The van der Waals surface area contributed by atoms with Crippen LogP contribution in [0, 0.1) is 22.7 Å². The molecule has 6 heteroatoms. The second kappa shape index (κ2) is 6.93. The number of carbonyl (C=O) groups is 1. The van der Waals surface area contributed by atoms with Crippen LogP contribution in [0.5, 0.6) is 0 Å². The third-order valence-electron chi connectivity index (χ3n) is 5.05. The van der Waals surface area contributed by atoms with Gasteiger partial charge in [-0.2, -0.15) is 5.26 Å². The molecule has 1 aromatic heterocycles. The van der Waals surface area contributed by atoms with E-state index in [0.717, 1.165) is 28.8 Å². The first-order chi connectivity index (χ1) is 12.4. The van der Waals surface area contributed by atoms with Crippen LogP contribution in [-0.2, 0) is 10.3 Å². The highest BCUT2D eigenvalue weighted by Gasteiger charge is 2.47. The minimum Gasteiger partial charge on any atom is -0.345 e. The van der Waals surface area contributed by atoms with Crippen LogP contribution in [0.15, 0.2) is 35.7 Å². The van der Waals surface area contributed by atoms with Crippen molar-refractivity contribution in [3.63, 3.8) is 0 Å². The maximum absolute atomic E-state index is 12.8. The summed E-state index contributed by atoms with van der Waals surface area (Å²) in [4.78, 5) is 15.2. The fraction of sp³-hybridized carbons (Fsp3) is 0.350. The molecule has 1 aliphatic rings. The van der Waals surface area contributed by atoms with Gasteiger partial charge < -0.3 is 5.32 Å². The van der Waals surface area contributed by atoms with Crippen molar-refractivity contribution in [1.29, 1.82) is 10.7 Å². The van der Waals surface area contributed by atoms with Gasteiger partial charge in [0.15, 0.2) is 5.96 Å². The molecule has 0 saturated carbocycles. The Morgan fingerprint density at radius 1 is 1.38 bits per heavy atom. The van der Waals surface area contributed by atoms with Gasteiger partial charge in [0, 0.05) is 11.9 Å². The lowest BCUT2D eigenvalue weighted by Gasteiger charge is -2.45. The average molecular weight is 366 g/mol. The molecular weight excluding hydrogens is 344 g/mol. The standard InChI is InChI=1S/C20H22N4OS/c1-4-6-16-18(25)24(3)19(22)23-20(16,2)17-10-15(12-26-17)14-8-5-7-13(9-14)11-21/h5,7-10,12,16H,4,6H2,1-3H3,(H2,22,23)/t16-,20-/m0/s1. The number of nitrogens with zero attached hydrogens (tertiary/aromatic N) is 2. The Morgan fingerprint density at radius 3 is 2.85 bits per heavy atom. The average Bonchev–Trinajstić information content (AvgIpc) is 3.14. The first-order valence-corrected chi connectivity index (χ1v) is 9.52. The first kappa shape index (κ1) is 18.2. The molecule has 0 aliphatic carbocycles. The number of nitriles is 1.